The predicted octanol–water partition coefficient (Wildman–Crippen LogP) is 7.11. The Morgan fingerprint density at radius 3 is 1.22 bits per heavy atom. The molecule has 89 heavy (non-hydrogen) atoms. The first-order valence-corrected chi connectivity index (χ1v) is 36.6. The van der Waals surface area contributed by atoms with Crippen LogP contribution in [0, 0.1) is 0 Å². The summed E-state index contributed by atoms with van der Waals surface area (Å²) in [7, 11) is 18.8. The van der Waals surface area contributed by atoms with Gasteiger partial charge in [0.1, 0.15) is 0 Å². The fourth-order valence-corrected chi connectivity index (χ4v) is 10.4. The molecule has 4 heterocycles. The third-order valence-electron chi connectivity index (χ3n) is 16.0. The van der Waals surface area contributed by atoms with E-state index in [4.69, 9.17) is 5.73 Å². The van der Waals surface area contributed by atoms with Crippen LogP contribution in [-0.2, 0) is 0 Å². The van der Waals surface area contributed by atoms with Crippen molar-refractivity contribution in [3.8, 4) is 0 Å². The summed E-state index contributed by atoms with van der Waals surface area (Å²) < 4.78 is 0. The Kier molecular flexibility index (Phi) is 67.4. The van der Waals surface area contributed by atoms with E-state index in [2.05, 4.69) is 269 Å². The summed E-state index contributed by atoms with van der Waals surface area (Å²) >= 11 is 0. The molecule has 0 spiro atoms. The molecule has 18 nitrogen and oxygen atoms in total. The fraction of sp³-hybridized carbons (Fsp3) is 1.00. The second-order valence-corrected chi connectivity index (χ2v) is 29.6. The second kappa shape index (κ2) is 63.3. The zero-order valence-corrected chi connectivity index (χ0v) is 65.1. The first kappa shape index (κ1) is 94.7. The Morgan fingerprint density at radius 2 is 0.820 bits per heavy atom. The van der Waals surface area contributed by atoms with Crippen molar-refractivity contribution in [2.45, 2.75) is 305 Å². The monoisotopic (exact) mass is 1270 g/mol. The molecule has 4 unspecified atom stereocenters. The highest BCUT2D eigenvalue weighted by Crippen LogP contribution is 2.17. The Morgan fingerprint density at radius 1 is 0.416 bits per heavy atom. The molecule has 4 atom stereocenters. The standard InChI is InChI=1S/3C9H20N2.2C8H18N2.C8H20N2.2C7H18N2.C6H16N2/c1-7(2)11-9-4-5-10-8(3)6-9;1-7(2)11-9-5-3-8(10)4-6-9;1-8(2)11-9-4-3-6-10-7-5-9;1-7(2)9-8-4-5-10(3)6-8;1-7(2)10-8-3-5-9-6-4-8;1-8(2)10(5)7-6-9(3)4;1-7(2)8-5-6-9(3)4;1-7(2)9(4)6-5-8-3;1-6(2)8-5-4-7-3/h7-11H,4-6H2,1-3H3;7-9,11H,3-6,10H2,1-2H3;8-11H,3-7H2,1-2H3;7-9H,4-6H2,1-3H3;7-10H,3-6H2,1-2H3;8H,6-7H2,1-5H3;2*7-8H,5-6H2,1-4H3;6-8H,4-5H2,1-3H3. The van der Waals surface area contributed by atoms with Gasteiger partial charge in [-0.05, 0) is 214 Å². The van der Waals surface area contributed by atoms with Gasteiger partial charge in [0.2, 0.25) is 0 Å². The maximum absolute atomic E-state index is 5.80. The summed E-state index contributed by atoms with van der Waals surface area (Å²) in [5.41, 5.74) is 5.80. The predicted molar refractivity (Wildman–Crippen MR) is 401 cm³/mol. The highest BCUT2D eigenvalue weighted by molar-refractivity contribution is 4.83. The van der Waals surface area contributed by atoms with E-state index >= 15 is 0 Å². The molecule has 0 aromatic rings. The van der Waals surface area contributed by atoms with Gasteiger partial charge in [-0.15, -0.1) is 0 Å². The number of likely N-dealkylation sites (tertiary alicyclic amines) is 1. The minimum absolute atomic E-state index is 0.472. The van der Waals surface area contributed by atoms with Crippen molar-refractivity contribution in [3.63, 3.8) is 0 Å². The number of nitrogens with two attached hydrogens (primary N) is 1. The average Bonchev–Trinajstić information content (AvgIpc) is 3.85. The van der Waals surface area contributed by atoms with Gasteiger partial charge in [0.05, 0.1) is 0 Å². The zero-order valence-electron chi connectivity index (χ0n) is 65.1. The SMILES string of the molecule is CC(C)N(C)CCN(C)C.CC(C)NC1CCC(N)CC1.CC(C)NC1CCCNCC1.CC(C)NC1CCN(C)C1.CC(C)NC1CCNC(C)C1.CC(C)NC1CCNCC1.CC(C)NCCN(C)C.CNCCN(C)C(C)C.CNCCNC(C)C. The van der Waals surface area contributed by atoms with Crippen LogP contribution in [0.3, 0.4) is 0 Å². The summed E-state index contributed by atoms with van der Waals surface area (Å²) in [4.78, 5) is 11.4. The maximum Gasteiger partial charge on any atom is 0.0209 e. The van der Waals surface area contributed by atoms with Gasteiger partial charge in [0.25, 0.3) is 0 Å². The topological polar surface area (TPSA) is 187 Å². The summed E-state index contributed by atoms with van der Waals surface area (Å²) in [5, 5.41) is 40.8. The lowest BCUT2D eigenvalue weighted by atomic mass is 9.91. The number of hydrogen-bond acceptors (Lipinski definition) is 18. The van der Waals surface area contributed by atoms with E-state index in [0.717, 1.165) is 82.6 Å². The number of likely N-dealkylation sites (N-methyl/N-ethyl adjacent to an activating group) is 7. The van der Waals surface area contributed by atoms with Gasteiger partial charge in [-0.3, -0.25) is 0 Å². The van der Waals surface area contributed by atoms with Crippen molar-refractivity contribution in [3.05, 3.63) is 0 Å². The van der Waals surface area contributed by atoms with Gasteiger partial charge >= 0.3 is 0 Å². The lowest BCUT2D eigenvalue weighted by molar-refractivity contribution is 0.241. The number of hydrogen-bond donors (Lipinski definition) is 13. The smallest absolute Gasteiger partial charge is 0.0209 e. The largest absolute Gasteiger partial charge is 0.328 e. The molecule has 0 bridgehead atoms. The first-order valence-electron chi connectivity index (χ1n) is 36.6. The molecular weight excluding hydrogens is 1100 g/mol. The van der Waals surface area contributed by atoms with Crippen molar-refractivity contribution in [2.24, 2.45) is 5.73 Å². The second-order valence-electron chi connectivity index (χ2n) is 29.6. The minimum atomic E-state index is 0.472. The Labute approximate surface area is 558 Å². The van der Waals surface area contributed by atoms with Gasteiger partial charge < -0.3 is 94.0 Å². The van der Waals surface area contributed by atoms with Crippen molar-refractivity contribution in [2.75, 3.05) is 162 Å². The van der Waals surface area contributed by atoms with Crippen LogP contribution in [0.15, 0.2) is 0 Å². The number of nitrogens with zero attached hydrogens (tertiary/aromatic N) is 5. The van der Waals surface area contributed by atoms with E-state index in [0.29, 0.717) is 66.5 Å². The molecule has 4 aliphatic heterocycles. The molecule has 542 valence electrons. The quantitative estimate of drug-likeness (QED) is 0.0393. The summed E-state index contributed by atoms with van der Waals surface area (Å²) in [5.74, 6) is 0. The number of rotatable bonds is 26. The van der Waals surface area contributed by atoms with Gasteiger partial charge in [-0.1, -0.05) is 96.9 Å². The highest BCUT2D eigenvalue weighted by Gasteiger charge is 2.21. The molecule has 1 saturated carbocycles. The van der Waals surface area contributed by atoms with Crippen LogP contribution in [-0.4, -0.2) is 283 Å². The molecular formula is C71H168N18. The molecule has 5 rings (SSSR count). The van der Waals surface area contributed by atoms with Crippen molar-refractivity contribution >= 4 is 0 Å². The lowest BCUT2D eigenvalue weighted by Gasteiger charge is -2.30. The normalized spacial score (nSPS) is 21.6. The van der Waals surface area contributed by atoms with Crippen molar-refractivity contribution in [1.29, 1.82) is 0 Å². The molecule has 5 aliphatic rings. The molecule has 4 saturated heterocycles. The molecule has 0 amide bonds. The third-order valence-corrected chi connectivity index (χ3v) is 16.0. The molecule has 5 fully saturated rings. The van der Waals surface area contributed by atoms with Crippen LogP contribution >= 0.6 is 0 Å². The van der Waals surface area contributed by atoms with E-state index in [1.165, 1.54) is 123 Å². The van der Waals surface area contributed by atoms with E-state index < -0.39 is 0 Å². The van der Waals surface area contributed by atoms with Crippen LogP contribution < -0.4 is 69.5 Å². The van der Waals surface area contributed by atoms with Gasteiger partial charge in [0.15, 0.2) is 0 Å². The van der Waals surface area contributed by atoms with Gasteiger partial charge in [0, 0.05) is 156 Å². The maximum atomic E-state index is 5.80. The molecule has 0 aromatic carbocycles. The van der Waals surface area contributed by atoms with Crippen LogP contribution in [0.25, 0.3) is 0 Å². The number of nitrogens with one attached hydrogen (secondary N) is 12. The van der Waals surface area contributed by atoms with E-state index in [-0.39, 0.29) is 0 Å². The van der Waals surface area contributed by atoms with Crippen molar-refractivity contribution in [1.82, 2.24) is 88.3 Å². The van der Waals surface area contributed by atoms with E-state index in [9.17, 15) is 0 Å². The Bertz CT molecular complexity index is 1350. The van der Waals surface area contributed by atoms with E-state index in [1.807, 2.05) is 14.1 Å². The summed E-state index contributed by atoms with van der Waals surface area (Å²) in [6.45, 7) is 59.1. The summed E-state index contributed by atoms with van der Waals surface area (Å²) in [6.07, 6.45) is 15.3. The zero-order chi connectivity index (χ0) is 68.7. The Balaban J connectivity index is -0.000000458. The Hall–Kier alpha value is -0.720. The highest BCUT2D eigenvalue weighted by atomic mass is 15.2. The van der Waals surface area contributed by atoms with Crippen LogP contribution in [0.4, 0.5) is 0 Å². The van der Waals surface area contributed by atoms with Crippen molar-refractivity contribution < 1.29 is 0 Å². The van der Waals surface area contributed by atoms with Gasteiger partial charge in [-0.25, -0.2) is 0 Å². The third kappa shape index (κ3) is 73.0. The van der Waals surface area contributed by atoms with E-state index in [1.54, 1.807) is 0 Å². The number of piperidine rings is 2. The minimum Gasteiger partial charge on any atom is -0.328 e. The summed E-state index contributed by atoms with van der Waals surface area (Å²) in [6, 6.07) is 10.6. The van der Waals surface area contributed by atoms with Crippen LogP contribution in [0.1, 0.15) is 209 Å². The molecule has 14 N–H and O–H groups in total. The van der Waals surface area contributed by atoms with Gasteiger partial charge in [-0.2, -0.15) is 0 Å². The van der Waals surface area contributed by atoms with Crippen LogP contribution in [0.2, 0.25) is 0 Å². The fourth-order valence-electron chi connectivity index (χ4n) is 10.4. The molecule has 1 aliphatic carbocycles. The molecule has 0 radical (unpaired) electrons. The first-order chi connectivity index (χ1) is 41.7. The average molecular weight is 1270 g/mol. The molecule has 0 aromatic heterocycles. The van der Waals surface area contributed by atoms with Crippen LogP contribution in [0.5, 0.6) is 0 Å². The molecule has 18 heteroatoms. The lowest BCUT2D eigenvalue weighted by Crippen LogP contribution is -2.46.